The fraction of sp³-hybridized carbons (Fsp3) is 0.214. The number of methoxy groups -OCH3 is 3. The minimum absolute atomic E-state index is 0.106. The minimum Gasteiger partial charge on any atom is -0.497 e. The van der Waals surface area contributed by atoms with Gasteiger partial charge in [0.25, 0.3) is 5.91 Å². The van der Waals surface area contributed by atoms with E-state index in [9.17, 15) is 4.79 Å². The summed E-state index contributed by atoms with van der Waals surface area (Å²) in [5, 5.41) is 1.25. The zero-order valence-corrected chi connectivity index (χ0v) is 20.9. The van der Waals surface area contributed by atoms with E-state index in [4.69, 9.17) is 25.8 Å². The van der Waals surface area contributed by atoms with E-state index in [0.717, 1.165) is 33.3 Å². The third-order valence-electron chi connectivity index (χ3n) is 5.78. The van der Waals surface area contributed by atoms with Gasteiger partial charge in [0.05, 0.1) is 26.8 Å². The van der Waals surface area contributed by atoms with Crippen LogP contribution in [0.1, 0.15) is 27.0 Å². The van der Waals surface area contributed by atoms with Crippen molar-refractivity contribution in [2.45, 2.75) is 20.0 Å². The van der Waals surface area contributed by atoms with Gasteiger partial charge in [0.2, 0.25) is 0 Å². The van der Waals surface area contributed by atoms with E-state index >= 15 is 0 Å². The molecule has 1 amide bonds. The topological polar surface area (TPSA) is 60.9 Å². The molecule has 0 aliphatic heterocycles. The Morgan fingerprint density at radius 1 is 0.886 bits per heavy atom. The molecule has 0 aliphatic carbocycles. The van der Waals surface area contributed by atoms with E-state index in [1.165, 1.54) is 0 Å². The molecule has 0 saturated heterocycles. The fourth-order valence-corrected chi connectivity index (χ4v) is 4.18. The van der Waals surface area contributed by atoms with Gasteiger partial charge < -0.3 is 19.1 Å². The summed E-state index contributed by atoms with van der Waals surface area (Å²) in [6, 6.07) is 20.8. The molecule has 35 heavy (non-hydrogen) atoms. The van der Waals surface area contributed by atoms with Crippen molar-refractivity contribution in [2.24, 2.45) is 0 Å². The van der Waals surface area contributed by atoms with Gasteiger partial charge in [-0.3, -0.25) is 4.79 Å². The van der Waals surface area contributed by atoms with Gasteiger partial charge in [0, 0.05) is 29.6 Å². The summed E-state index contributed by atoms with van der Waals surface area (Å²) in [6.45, 7) is 2.59. The highest BCUT2D eigenvalue weighted by molar-refractivity contribution is 6.30. The van der Waals surface area contributed by atoms with Crippen LogP contribution in [0.4, 0.5) is 0 Å². The standard InChI is InChI=1S/C28H27ClN2O4/c1-18-6-5-7-20(12-18)28(32)31(16-19-8-11-25(34-3)26(13-19)35-4)17-22-14-21-15-23(33-2)9-10-24(21)30-27(22)29/h5-15H,16-17H2,1-4H3. The fourth-order valence-electron chi connectivity index (χ4n) is 3.98. The highest BCUT2D eigenvalue weighted by Crippen LogP contribution is 2.30. The first-order valence-electron chi connectivity index (χ1n) is 11.1. The summed E-state index contributed by atoms with van der Waals surface area (Å²) in [4.78, 5) is 19.9. The van der Waals surface area contributed by atoms with Gasteiger partial charge in [-0.1, -0.05) is 35.4 Å². The number of aryl methyl sites for hydroxylation is 1. The molecular formula is C28H27ClN2O4. The van der Waals surface area contributed by atoms with Crippen molar-refractivity contribution in [3.8, 4) is 17.2 Å². The number of nitrogens with zero attached hydrogens (tertiary/aromatic N) is 2. The molecule has 180 valence electrons. The van der Waals surface area contributed by atoms with Crippen LogP contribution in [-0.4, -0.2) is 37.1 Å². The zero-order chi connectivity index (χ0) is 24.9. The van der Waals surface area contributed by atoms with Crippen molar-refractivity contribution >= 4 is 28.4 Å². The molecule has 0 radical (unpaired) electrons. The Bertz CT molecular complexity index is 1370. The van der Waals surface area contributed by atoms with Gasteiger partial charge in [-0.05, 0) is 61.0 Å². The number of carbonyl (C=O) groups is 1. The molecule has 0 N–H and O–H groups in total. The van der Waals surface area contributed by atoms with Crippen LogP contribution in [0.25, 0.3) is 10.9 Å². The van der Waals surface area contributed by atoms with E-state index < -0.39 is 0 Å². The summed E-state index contributed by atoms with van der Waals surface area (Å²) in [5.74, 6) is 1.85. The SMILES string of the molecule is COc1ccc2nc(Cl)c(CN(Cc3ccc(OC)c(OC)c3)C(=O)c3cccc(C)c3)cc2c1. The number of benzene rings is 3. The quantitative estimate of drug-likeness (QED) is 0.281. The van der Waals surface area contributed by atoms with E-state index in [-0.39, 0.29) is 12.5 Å². The Morgan fingerprint density at radius 2 is 1.69 bits per heavy atom. The number of carbonyl (C=O) groups excluding carboxylic acids is 1. The number of hydrogen-bond donors (Lipinski definition) is 0. The molecule has 4 aromatic rings. The molecular weight excluding hydrogens is 464 g/mol. The van der Waals surface area contributed by atoms with Crippen LogP contribution >= 0.6 is 11.6 Å². The molecule has 6 nitrogen and oxygen atoms in total. The summed E-state index contributed by atoms with van der Waals surface area (Å²) in [6.07, 6.45) is 0. The summed E-state index contributed by atoms with van der Waals surface area (Å²) in [7, 11) is 4.80. The van der Waals surface area contributed by atoms with Gasteiger partial charge in [-0.25, -0.2) is 4.98 Å². The van der Waals surface area contributed by atoms with Crippen LogP contribution in [-0.2, 0) is 13.1 Å². The summed E-state index contributed by atoms with van der Waals surface area (Å²) in [5.41, 5.74) is 4.02. The number of fused-ring (bicyclic) bond motifs is 1. The second-order valence-corrected chi connectivity index (χ2v) is 8.57. The number of pyridine rings is 1. The molecule has 0 atom stereocenters. The van der Waals surface area contributed by atoms with E-state index in [2.05, 4.69) is 4.98 Å². The molecule has 0 aliphatic rings. The molecule has 7 heteroatoms. The summed E-state index contributed by atoms with van der Waals surface area (Å²) >= 11 is 6.57. The van der Waals surface area contributed by atoms with Crippen molar-refractivity contribution in [1.82, 2.24) is 9.88 Å². The third-order valence-corrected chi connectivity index (χ3v) is 6.11. The number of rotatable bonds is 8. The van der Waals surface area contributed by atoms with Crippen LogP contribution in [0.15, 0.2) is 66.7 Å². The van der Waals surface area contributed by atoms with Crippen molar-refractivity contribution in [2.75, 3.05) is 21.3 Å². The molecule has 0 bridgehead atoms. The number of aromatic nitrogens is 1. The van der Waals surface area contributed by atoms with Crippen LogP contribution in [0.3, 0.4) is 0 Å². The van der Waals surface area contributed by atoms with Crippen LogP contribution in [0, 0.1) is 6.92 Å². The molecule has 0 fully saturated rings. The first-order valence-corrected chi connectivity index (χ1v) is 11.5. The molecule has 3 aromatic carbocycles. The number of amides is 1. The van der Waals surface area contributed by atoms with E-state index in [1.54, 1.807) is 26.2 Å². The van der Waals surface area contributed by atoms with E-state index in [1.807, 2.05) is 73.7 Å². The van der Waals surface area contributed by atoms with Gasteiger partial charge in [-0.2, -0.15) is 0 Å². The maximum absolute atomic E-state index is 13.6. The maximum atomic E-state index is 13.6. The average molecular weight is 491 g/mol. The van der Waals surface area contributed by atoms with Crippen molar-refractivity contribution in [3.63, 3.8) is 0 Å². The predicted octanol–water partition coefficient (Wildman–Crippen LogP) is 6.07. The lowest BCUT2D eigenvalue weighted by Gasteiger charge is -2.24. The van der Waals surface area contributed by atoms with Gasteiger partial charge in [-0.15, -0.1) is 0 Å². The first kappa shape index (κ1) is 24.4. The Hall–Kier alpha value is -3.77. The van der Waals surface area contributed by atoms with Crippen molar-refractivity contribution in [3.05, 3.63) is 94.1 Å². The monoisotopic (exact) mass is 490 g/mol. The lowest BCUT2D eigenvalue weighted by Crippen LogP contribution is -2.30. The normalized spacial score (nSPS) is 10.8. The highest BCUT2D eigenvalue weighted by atomic mass is 35.5. The van der Waals surface area contributed by atoms with Crippen LogP contribution < -0.4 is 14.2 Å². The second kappa shape index (κ2) is 10.7. The molecule has 0 spiro atoms. The number of halogens is 1. The highest BCUT2D eigenvalue weighted by Gasteiger charge is 2.20. The Balaban J connectivity index is 1.73. The van der Waals surface area contributed by atoms with Crippen LogP contribution in [0.5, 0.6) is 17.2 Å². The average Bonchev–Trinajstić information content (AvgIpc) is 2.87. The van der Waals surface area contributed by atoms with Crippen molar-refractivity contribution in [1.29, 1.82) is 0 Å². The molecule has 1 heterocycles. The van der Waals surface area contributed by atoms with Gasteiger partial charge in [0.15, 0.2) is 11.5 Å². The van der Waals surface area contributed by atoms with Gasteiger partial charge >= 0.3 is 0 Å². The second-order valence-electron chi connectivity index (χ2n) is 8.22. The first-order chi connectivity index (χ1) is 16.9. The minimum atomic E-state index is -0.106. The van der Waals surface area contributed by atoms with Gasteiger partial charge in [0.1, 0.15) is 10.9 Å². The lowest BCUT2D eigenvalue weighted by molar-refractivity contribution is 0.0729. The Labute approximate surface area is 210 Å². The number of hydrogen-bond acceptors (Lipinski definition) is 5. The predicted molar refractivity (Wildman–Crippen MR) is 138 cm³/mol. The van der Waals surface area contributed by atoms with E-state index in [0.29, 0.717) is 28.8 Å². The Morgan fingerprint density at radius 3 is 2.40 bits per heavy atom. The summed E-state index contributed by atoms with van der Waals surface area (Å²) < 4.78 is 16.2. The van der Waals surface area contributed by atoms with Crippen molar-refractivity contribution < 1.29 is 19.0 Å². The smallest absolute Gasteiger partial charge is 0.254 e. The maximum Gasteiger partial charge on any atom is 0.254 e. The zero-order valence-electron chi connectivity index (χ0n) is 20.2. The Kier molecular flexibility index (Phi) is 7.42. The largest absolute Gasteiger partial charge is 0.497 e. The van der Waals surface area contributed by atoms with Crippen LogP contribution in [0.2, 0.25) is 5.15 Å². The number of ether oxygens (including phenoxy) is 3. The molecule has 1 aromatic heterocycles. The molecule has 4 rings (SSSR count). The lowest BCUT2D eigenvalue weighted by atomic mass is 10.1. The third kappa shape index (κ3) is 5.49. The molecule has 0 saturated carbocycles. The molecule has 0 unspecified atom stereocenters.